The third kappa shape index (κ3) is 4.05. The first-order valence-electron chi connectivity index (χ1n) is 9.40. The number of carbonyl (C=O) groups is 1. The molecule has 1 amide bonds. The molecule has 0 fully saturated rings. The molecule has 142 valence electrons. The molecular weight excluding hydrogens is 350 g/mol. The molecule has 0 radical (unpaired) electrons. The molecule has 0 spiro atoms. The molecule has 0 saturated heterocycles. The third-order valence-corrected chi connectivity index (χ3v) is 5.07. The minimum absolute atomic E-state index is 0.135. The lowest BCUT2D eigenvalue weighted by Crippen LogP contribution is -2.31. The summed E-state index contributed by atoms with van der Waals surface area (Å²) in [6.45, 7) is 2.71. The molecule has 1 aromatic heterocycles. The van der Waals surface area contributed by atoms with E-state index in [0.29, 0.717) is 5.56 Å². The zero-order chi connectivity index (χ0) is 19.3. The number of methoxy groups -OCH3 is 1. The Bertz CT molecular complexity index is 955. The first-order chi connectivity index (χ1) is 13.7. The van der Waals surface area contributed by atoms with Crippen LogP contribution < -0.4 is 10.1 Å². The molecule has 5 nitrogen and oxygen atoms in total. The number of hydrogen-bond acceptors (Lipinski definition) is 4. The van der Waals surface area contributed by atoms with Crippen LogP contribution in [0.15, 0.2) is 67.0 Å². The van der Waals surface area contributed by atoms with E-state index in [2.05, 4.69) is 39.5 Å². The minimum atomic E-state index is -0.135. The number of carbonyl (C=O) groups excluding carboxylic acids is 1. The summed E-state index contributed by atoms with van der Waals surface area (Å²) in [6, 6.07) is 17.6. The summed E-state index contributed by atoms with van der Waals surface area (Å²) in [6.07, 6.45) is 4.55. The van der Waals surface area contributed by atoms with E-state index in [-0.39, 0.29) is 5.91 Å². The molecule has 1 aliphatic heterocycles. The van der Waals surface area contributed by atoms with Crippen LogP contribution in [0.5, 0.6) is 5.75 Å². The summed E-state index contributed by atoms with van der Waals surface area (Å²) in [5.74, 6) is 0.596. The van der Waals surface area contributed by atoms with E-state index in [1.807, 2.05) is 12.3 Å². The van der Waals surface area contributed by atoms with Crippen LogP contribution in [0, 0.1) is 0 Å². The fourth-order valence-electron chi connectivity index (χ4n) is 3.57. The van der Waals surface area contributed by atoms with Crippen molar-refractivity contribution in [3.05, 3.63) is 89.2 Å². The summed E-state index contributed by atoms with van der Waals surface area (Å²) >= 11 is 0. The van der Waals surface area contributed by atoms with Crippen molar-refractivity contribution in [2.24, 2.45) is 0 Å². The first-order valence-corrected chi connectivity index (χ1v) is 9.40. The molecule has 4 rings (SSSR count). The Morgan fingerprint density at radius 1 is 1.11 bits per heavy atom. The topological polar surface area (TPSA) is 54.5 Å². The molecule has 2 aromatic carbocycles. The van der Waals surface area contributed by atoms with Crippen molar-refractivity contribution in [3.63, 3.8) is 0 Å². The highest BCUT2D eigenvalue weighted by Crippen LogP contribution is 2.26. The van der Waals surface area contributed by atoms with Crippen LogP contribution in [0.1, 0.15) is 27.0 Å². The van der Waals surface area contributed by atoms with Crippen molar-refractivity contribution in [3.8, 4) is 5.75 Å². The molecule has 0 unspecified atom stereocenters. The predicted octanol–water partition coefficient (Wildman–Crippen LogP) is 3.90. The fourth-order valence-corrected chi connectivity index (χ4v) is 3.57. The van der Waals surface area contributed by atoms with Crippen LogP contribution in [-0.2, 0) is 19.5 Å². The number of nitrogens with zero attached hydrogens (tertiary/aromatic N) is 2. The van der Waals surface area contributed by atoms with Gasteiger partial charge in [0.25, 0.3) is 5.91 Å². The second-order valence-corrected chi connectivity index (χ2v) is 6.95. The van der Waals surface area contributed by atoms with Gasteiger partial charge in [-0.3, -0.25) is 14.7 Å². The summed E-state index contributed by atoms with van der Waals surface area (Å²) in [4.78, 5) is 19.4. The summed E-state index contributed by atoms with van der Waals surface area (Å²) in [7, 11) is 1.61. The van der Waals surface area contributed by atoms with Crippen LogP contribution >= 0.6 is 0 Å². The molecule has 28 heavy (non-hydrogen) atoms. The van der Waals surface area contributed by atoms with Gasteiger partial charge in [-0.2, -0.15) is 0 Å². The van der Waals surface area contributed by atoms with Crippen molar-refractivity contribution < 1.29 is 9.53 Å². The Labute approximate surface area is 165 Å². The number of aromatic nitrogens is 1. The molecule has 2 heterocycles. The zero-order valence-corrected chi connectivity index (χ0v) is 15.9. The van der Waals surface area contributed by atoms with E-state index in [1.54, 1.807) is 37.6 Å². The van der Waals surface area contributed by atoms with Crippen LogP contribution in [0.25, 0.3) is 0 Å². The molecule has 0 aliphatic carbocycles. The molecular formula is C23H23N3O2. The highest BCUT2D eigenvalue weighted by molar-refractivity contribution is 6.04. The predicted molar refractivity (Wildman–Crippen MR) is 109 cm³/mol. The third-order valence-electron chi connectivity index (χ3n) is 5.07. The lowest BCUT2D eigenvalue weighted by Gasteiger charge is -2.29. The Morgan fingerprint density at radius 3 is 2.64 bits per heavy atom. The van der Waals surface area contributed by atoms with Crippen LogP contribution in [0.4, 0.5) is 5.69 Å². The number of rotatable bonds is 5. The van der Waals surface area contributed by atoms with Crippen molar-refractivity contribution in [1.82, 2.24) is 9.88 Å². The maximum Gasteiger partial charge on any atom is 0.255 e. The van der Waals surface area contributed by atoms with E-state index in [1.165, 1.54) is 16.7 Å². The van der Waals surface area contributed by atoms with E-state index < -0.39 is 0 Å². The van der Waals surface area contributed by atoms with Gasteiger partial charge in [0.15, 0.2) is 0 Å². The number of pyridine rings is 1. The Kier molecular flexibility index (Phi) is 5.35. The quantitative estimate of drug-likeness (QED) is 0.737. The average molecular weight is 373 g/mol. The van der Waals surface area contributed by atoms with E-state index >= 15 is 0 Å². The smallest absolute Gasteiger partial charge is 0.255 e. The lowest BCUT2D eigenvalue weighted by atomic mass is 9.99. The first kappa shape index (κ1) is 18.2. The summed E-state index contributed by atoms with van der Waals surface area (Å²) in [5.41, 5.74) is 5.07. The largest absolute Gasteiger partial charge is 0.497 e. The van der Waals surface area contributed by atoms with E-state index in [4.69, 9.17) is 4.74 Å². The van der Waals surface area contributed by atoms with Gasteiger partial charge < -0.3 is 10.1 Å². The van der Waals surface area contributed by atoms with Crippen LogP contribution in [-0.4, -0.2) is 29.4 Å². The van der Waals surface area contributed by atoms with Crippen molar-refractivity contribution in [1.29, 1.82) is 0 Å². The van der Waals surface area contributed by atoms with Gasteiger partial charge in [-0.25, -0.2) is 0 Å². The summed E-state index contributed by atoms with van der Waals surface area (Å²) < 4.78 is 5.15. The molecule has 1 aliphatic rings. The van der Waals surface area contributed by atoms with Gasteiger partial charge in [-0.05, 0) is 47.4 Å². The number of nitrogens with one attached hydrogen (secondary N) is 1. The summed E-state index contributed by atoms with van der Waals surface area (Å²) in [5, 5.41) is 3.03. The molecule has 3 aromatic rings. The number of ether oxygens (including phenoxy) is 1. The molecule has 1 N–H and O–H groups in total. The Hall–Kier alpha value is -3.18. The number of anilines is 1. The SMILES string of the molecule is COc1ccc(C(=O)Nc2cncc3c2CCN(Cc2ccccc2)C3)cc1. The van der Waals surface area contributed by atoms with Crippen molar-refractivity contribution >= 4 is 11.6 Å². The number of amides is 1. The fraction of sp³-hybridized carbons (Fsp3) is 0.217. The van der Waals surface area contributed by atoms with Crippen LogP contribution in [0.3, 0.4) is 0 Å². The highest BCUT2D eigenvalue weighted by Gasteiger charge is 2.20. The number of fused-ring (bicyclic) bond motifs is 1. The molecule has 0 bridgehead atoms. The molecule has 0 atom stereocenters. The minimum Gasteiger partial charge on any atom is -0.497 e. The van der Waals surface area contributed by atoms with Gasteiger partial charge in [0.2, 0.25) is 0 Å². The highest BCUT2D eigenvalue weighted by atomic mass is 16.5. The number of benzene rings is 2. The van der Waals surface area contributed by atoms with Gasteiger partial charge in [0.05, 0.1) is 19.0 Å². The standard InChI is InChI=1S/C23H23N3O2/c1-28-20-9-7-18(8-10-20)23(27)25-22-14-24-13-19-16-26(12-11-21(19)22)15-17-5-3-2-4-6-17/h2-10,13-14H,11-12,15-16H2,1H3,(H,25,27). The van der Waals surface area contributed by atoms with Crippen molar-refractivity contribution in [2.75, 3.05) is 19.0 Å². The maximum absolute atomic E-state index is 12.6. The van der Waals surface area contributed by atoms with Crippen molar-refractivity contribution in [2.45, 2.75) is 19.5 Å². The number of hydrogen-bond donors (Lipinski definition) is 1. The average Bonchev–Trinajstić information content (AvgIpc) is 2.74. The van der Waals surface area contributed by atoms with E-state index in [0.717, 1.165) is 37.5 Å². The lowest BCUT2D eigenvalue weighted by molar-refractivity contribution is 0.102. The van der Waals surface area contributed by atoms with Gasteiger partial charge in [0.1, 0.15) is 5.75 Å². The van der Waals surface area contributed by atoms with Crippen LogP contribution in [0.2, 0.25) is 0 Å². The van der Waals surface area contributed by atoms with Gasteiger partial charge >= 0.3 is 0 Å². The molecule has 0 saturated carbocycles. The second-order valence-electron chi connectivity index (χ2n) is 6.95. The van der Waals surface area contributed by atoms with Gasteiger partial charge in [-0.1, -0.05) is 30.3 Å². The van der Waals surface area contributed by atoms with E-state index in [9.17, 15) is 4.79 Å². The monoisotopic (exact) mass is 373 g/mol. The van der Waals surface area contributed by atoms with Gasteiger partial charge in [0, 0.05) is 31.4 Å². The normalized spacial score (nSPS) is 13.6. The zero-order valence-electron chi connectivity index (χ0n) is 15.9. The maximum atomic E-state index is 12.6. The second kappa shape index (κ2) is 8.23. The molecule has 5 heteroatoms. The Balaban J connectivity index is 1.47. The van der Waals surface area contributed by atoms with Gasteiger partial charge in [-0.15, -0.1) is 0 Å². The Morgan fingerprint density at radius 2 is 1.89 bits per heavy atom.